The third kappa shape index (κ3) is 3.90. The minimum absolute atomic E-state index is 0.0953. The molecule has 27 heavy (non-hydrogen) atoms. The molecule has 2 aromatic rings. The summed E-state index contributed by atoms with van der Waals surface area (Å²) >= 11 is 0. The molecular weight excluding hydrogens is 346 g/mol. The van der Waals surface area contributed by atoms with Crippen molar-refractivity contribution in [2.45, 2.75) is 33.0 Å². The van der Waals surface area contributed by atoms with Crippen LogP contribution in [0, 0.1) is 5.92 Å². The molecule has 2 amide bonds. The highest BCUT2D eigenvalue weighted by molar-refractivity contribution is 6.20. The second-order valence-corrected chi connectivity index (χ2v) is 6.46. The van der Waals surface area contributed by atoms with Gasteiger partial charge in [-0.25, -0.2) is 9.63 Å². The van der Waals surface area contributed by atoms with E-state index in [0.29, 0.717) is 11.5 Å². The maximum atomic E-state index is 12.6. The summed E-state index contributed by atoms with van der Waals surface area (Å²) in [6.07, 6.45) is -0.435. The van der Waals surface area contributed by atoms with Crippen molar-refractivity contribution in [3.05, 3.63) is 71.3 Å². The topological polar surface area (TPSA) is 72.9 Å². The number of fused-ring (bicyclic) bond motifs is 1. The van der Waals surface area contributed by atoms with Crippen LogP contribution in [0.2, 0.25) is 0 Å². The van der Waals surface area contributed by atoms with Crippen LogP contribution in [0.15, 0.2) is 54.6 Å². The quantitative estimate of drug-likeness (QED) is 0.554. The fourth-order valence-electron chi connectivity index (χ4n) is 2.78. The smallest absolute Gasteiger partial charge is 0.338 e. The molecule has 0 saturated carbocycles. The van der Waals surface area contributed by atoms with Crippen LogP contribution in [-0.2, 0) is 21.0 Å². The molecule has 1 heterocycles. The van der Waals surface area contributed by atoms with Crippen LogP contribution < -0.4 is 0 Å². The maximum absolute atomic E-state index is 12.6. The number of esters is 1. The summed E-state index contributed by atoms with van der Waals surface area (Å²) in [5.74, 6) is -1.98. The second-order valence-electron chi connectivity index (χ2n) is 6.46. The SMILES string of the molecule is CCC(C)[C@@H](ON1C(=O)c2ccccc2C1=O)C(=O)OCc1ccccc1. The highest BCUT2D eigenvalue weighted by atomic mass is 16.7. The van der Waals surface area contributed by atoms with Crippen molar-refractivity contribution in [2.75, 3.05) is 0 Å². The Bertz CT molecular complexity index is 814. The highest BCUT2D eigenvalue weighted by Gasteiger charge is 2.41. The summed E-state index contributed by atoms with van der Waals surface area (Å²) in [6.45, 7) is 3.80. The number of carbonyl (C=O) groups is 3. The van der Waals surface area contributed by atoms with Crippen molar-refractivity contribution in [1.82, 2.24) is 5.06 Å². The molecule has 1 aliphatic rings. The van der Waals surface area contributed by atoms with Crippen molar-refractivity contribution >= 4 is 17.8 Å². The van der Waals surface area contributed by atoms with Gasteiger partial charge in [-0.15, -0.1) is 5.06 Å². The lowest BCUT2D eigenvalue weighted by atomic mass is 10.0. The fraction of sp³-hybridized carbons (Fsp3) is 0.286. The zero-order valence-electron chi connectivity index (χ0n) is 15.3. The number of carbonyl (C=O) groups excluding carboxylic acids is 3. The molecule has 0 aromatic heterocycles. The highest BCUT2D eigenvalue weighted by Crippen LogP contribution is 2.25. The molecule has 140 valence electrons. The predicted molar refractivity (Wildman–Crippen MR) is 97.5 cm³/mol. The number of ether oxygens (including phenoxy) is 1. The van der Waals surface area contributed by atoms with Gasteiger partial charge in [-0.1, -0.05) is 62.7 Å². The number of amides is 2. The molecular formula is C21H21NO5. The lowest BCUT2D eigenvalue weighted by Crippen LogP contribution is -2.42. The van der Waals surface area contributed by atoms with E-state index in [1.807, 2.05) is 44.2 Å². The number of hydrogen-bond acceptors (Lipinski definition) is 5. The number of hydroxylamine groups is 2. The Labute approximate surface area is 157 Å². The van der Waals surface area contributed by atoms with Crippen molar-refractivity contribution in [1.29, 1.82) is 0 Å². The van der Waals surface area contributed by atoms with Crippen LogP contribution >= 0.6 is 0 Å². The Morgan fingerprint density at radius 3 is 2.07 bits per heavy atom. The third-order valence-corrected chi connectivity index (χ3v) is 4.59. The van der Waals surface area contributed by atoms with Crippen LogP contribution in [0.25, 0.3) is 0 Å². The van der Waals surface area contributed by atoms with Crippen LogP contribution in [-0.4, -0.2) is 29.0 Å². The molecule has 3 rings (SSSR count). The molecule has 0 saturated heterocycles. The Hall–Kier alpha value is -2.99. The van der Waals surface area contributed by atoms with E-state index in [0.717, 1.165) is 5.56 Å². The maximum Gasteiger partial charge on any atom is 0.338 e. The van der Waals surface area contributed by atoms with E-state index in [-0.39, 0.29) is 23.7 Å². The molecule has 6 heteroatoms. The van der Waals surface area contributed by atoms with E-state index in [4.69, 9.17) is 9.57 Å². The molecule has 1 unspecified atom stereocenters. The van der Waals surface area contributed by atoms with Crippen molar-refractivity contribution < 1.29 is 24.0 Å². The van der Waals surface area contributed by atoms with Crippen LogP contribution in [0.5, 0.6) is 0 Å². The van der Waals surface area contributed by atoms with Gasteiger partial charge in [0.15, 0.2) is 6.10 Å². The largest absolute Gasteiger partial charge is 0.459 e. The summed E-state index contributed by atoms with van der Waals surface area (Å²) in [6, 6.07) is 15.7. The molecule has 2 atom stereocenters. The summed E-state index contributed by atoms with van der Waals surface area (Å²) in [5, 5.41) is 0.672. The van der Waals surface area contributed by atoms with E-state index in [1.54, 1.807) is 24.3 Å². The van der Waals surface area contributed by atoms with Gasteiger partial charge in [0.1, 0.15) is 6.61 Å². The van der Waals surface area contributed by atoms with Gasteiger partial charge >= 0.3 is 5.97 Å². The first-order chi connectivity index (χ1) is 13.0. The van der Waals surface area contributed by atoms with Gasteiger partial charge in [-0.2, -0.15) is 0 Å². The predicted octanol–water partition coefficient (Wildman–Crippen LogP) is 3.37. The van der Waals surface area contributed by atoms with E-state index in [2.05, 4.69) is 0 Å². The van der Waals surface area contributed by atoms with E-state index in [9.17, 15) is 14.4 Å². The van der Waals surface area contributed by atoms with Gasteiger partial charge in [-0.05, 0) is 23.6 Å². The zero-order chi connectivity index (χ0) is 19.4. The molecule has 0 N–H and O–H groups in total. The van der Waals surface area contributed by atoms with Gasteiger partial charge < -0.3 is 4.74 Å². The number of imide groups is 1. The second kappa shape index (κ2) is 8.14. The Morgan fingerprint density at radius 1 is 0.963 bits per heavy atom. The van der Waals surface area contributed by atoms with Crippen LogP contribution in [0.4, 0.5) is 0 Å². The fourth-order valence-corrected chi connectivity index (χ4v) is 2.78. The summed E-state index contributed by atoms with van der Waals surface area (Å²) < 4.78 is 5.36. The lowest BCUT2D eigenvalue weighted by Gasteiger charge is -2.25. The molecule has 0 bridgehead atoms. The van der Waals surface area contributed by atoms with E-state index in [1.165, 1.54) is 0 Å². The van der Waals surface area contributed by atoms with Gasteiger partial charge in [-0.3, -0.25) is 9.59 Å². The Kier molecular flexibility index (Phi) is 5.66. The van der Waals surface area contributed by atoms with E-state index < -0.39 is 23.9 Å². The van der Waals surface area contributed by atoms with Crippen molar-refractivity contribution in [2.24, 2.45) is 5.92 Å². The average molecular weight is 367 g/mol. The van der Waals surface area contributed by atoms with Crippen LogP contribution in [0.3, 0.4) is 0 Å². The number of benzene rings is 2. The molecule has 0 spiro atoms. The third-order valence-electron chi connectivity index (χ3n) is 4.59. The van der Waals surface area contributed by atoms with Crippen molar-refractivity contribution in [3.63, 3.8) is 0 Å². The van der Waals surface area contributed by atoms with Gasteiger partial charge in [0, 0.05) is 0 Å². The normalized spacial score (nSPS) is 15.4. The lowest BCUT2D eigenvalue weighted by molar-refractivity contribution is -0.189. The molecule has 0 aliphatic carbocycles. The van der Waals surface area contributed by atoms with E-state index >= 15 is 0 Å². The molecule has 0 radical (unpaired) electrons. The first-order valence-electron chi connectivity index (χ1n) is 8.88. The molecule has 0 fully saturated rings. The van der Waals surface area contributed by atoms with Gasteiger partial charge in [0.05, 0.1) is 11.1 Å². The first kappa shape index (κ1) is 18.8. The number of nitrogens with zero attached hydrogens (tertiary/aromatic N) is 1. The summed E-state index contributed by atoms with van der Waals surface area (Å²) in [4.78, 5) is 43.1. The Balaban J connectivity index is 1.73. The van der Waals surface area contributed by atoms with Gasteiger partial charge in [0.25, 0.3) is 11.8 Å². The Morgan fingerprint density at radius 2 is 1.52 bits per heavy atom. The molecule has 2 aromatic carbocycles. The monoisotopic (exact) mass is 367 g/mol. The minimum atomic E-state index is -1.05. The minimum Gasteiger partial charge on any atom is -0.459 e. The van der Waals surface area contributed by atoms with Crippen LogP contribution in [0.1, 0.15) is 46.5 Å². The first-order valence-corrected chi connectivity index (χ1v) is 8.88. The summed E-state index contributed by atoms with van der Waals surface area (Å²) in [5.41, 5.74) is 1.38. The molecule has 6 nitrogen and oxygen atoms in total. The number of hydrogen-bond donors (Lipinski definition) is 0. The average Bonchev–Trinajstić information content (AvgIpc) is 2.95. The number of rotatable bonds is 7. The zero-order valence-corrected chi connectivity index (χ0v) is 15.3. The molecule has 1 aliphatic heterocycles. The van der Waals surface area contributed by atoms with Gasteiger partial charge in [0.2, 0.25) is 0 Å². The summed E-state index contributed by atoms with van der Waals surface area (Å²) in [7, 11) is 0. The van der Waals surface area contributed by atoms with Crippen molar-refractivity contribution in [3.8, 4) is 0 Å². The standard InChI is InChI=1S/C21H21NO5/c1-3-14(2)18(21(25)26-13-15-9-5-4-6-10-15)27-22-19(23)16-11-7-8-12-17(16)20(22)24/h4-12,14,18H,3,13H2,1-2H3/t14?,18-/m1/s1.